The van der Waals surface area contributed by atoms with Gasteiger partial charge in [0.05, 0.1) is 16.9 Å². The van der Waals surface area contributed by atoms with E-state index in [0.29, 0.717) is 0 Å². The molecule has 3 rings (SSSR count). The average molecular weight is 494 g/mol. The van der Waals surface area contributed by atoms with Crippen LogP contribution in [0, 0.1) is 0 Å². The van der Waals surface area contributed by atoms with E-state index in [2.05, 4.69) is 15.1 Å². The molecule has 0 N–H and O–H groups in total. The maximum atomic E-state index is 14.1. The molecular weight excluding hydrogens is 480 g/mol. The second-order valence-electron chi connectivity index (χ2n) is 6.58. The van der Waals surface area contributed by atoms with Gasteiger partial charge in [-0.1, -0.05) is 51.2 Å². The zero-order valence-corrected chi connectivity index (χ0v) is 18.1. The van der Waals surface area contributed by atoms with Crippen molar-refractivity contribution in [3.63, 3.8) is 0 Å². The highest BCUT2D eigenvalue weighted by Gasteiger charge is 2.62. The summed E-state index contributed by atoms with van der Waals surface area (Å²) in [5, 5.41) is 7.27. The Hall–Kier alpha value is -2.29. The van der Waals surface area contributed by atoms with Gasteiger partial charge in [-0.25, -0.2) is 0 Å². The molecule has 5 nitrogen and oxygen atoms in total. The Labute approximate surface area is 190 Å². The summed E-state index contributed by atoms with van der Waals surface area (Å²) in [6.45, 7) is 0. The van der Waals surface area contributed by atoms with Crippen molar-refractivity contribution in [2.24, 2.45) is 10.3 Å². The zero-order chi connectivity index (χ0) is 22.8. The van der Waals surface area contributed by atoms with Crippen LogP contribution in [0.3, 0.4) is 0 Å². The van der Waals surface area contributed by atoms with E-state index in [0.717, 1.165) is 12.1 Å². The van der Waals surface area contributed by atoms with Gasteiger partial charge >= 0.3 is 6.18 Å². The summed E-state index contributed by atoms with van der Waals surface area (Å²) in [4.78, 5) is 21.6. The van der Waals surface area contributed by atoms with E-state index in [-0.39, 0.29) is 49.7 Å². The molecule has 1 heterocycles. The van der Waals surface area contributed by atoms with Crippen LogP contribution >= 0.6 is 34.8 Å². The largest absolute Gasteiger partial charge is 0.435 e. The maximum Gasteiger partial charge on any atom is 0.435 e. The van der Waals surface area contributed by atoms with Gasteiger partial charge in [0.2, 0.25) is 0 Å². The van der Waals surface area contributed by atoms with Crippen LogP contribution in [0.2, 0.25) is 15.1 Å². The van der Waals surface area contributed by atoms with Crippen molar-refractivity contribution in [3.05, 3.63) is 68.2 Å². The second kappa shape index (κ2) is 9.06. The molecular formula is C20H14Cl3F3N2O3. The van der Waals surface area contributed by atoms with E-state index in [9.17, 15) is 18.0 Å². The first-order chi connectivity index (χ1) is 14.6. The molecule has 0 spiro atoms. The Bertz CT molecular complexity index is 1050. The standard InChI is InChI=1S/C20H14Cl3F3N2O3/c1-30-27-5-4-18(29)15-3-2-11(6-16(15)23)17-10-19(31-28-17,20(24,25)26)12-7-13(21)9-14(22)8-12/h2-3,5-9H,4,10H2,1H3. The number of hydrogen-bond acceptors (Lipinski definition) is 5. The molecule has 164 valence electrons. The zero-order valence-electron chi connectivity index (χ0n) is 15.8. The highest BCUT2D eigenvalue weighted by atomic mass is 35.5. The van der Waals surface area contributed by atoms with Crippen LogP contribution in [0.5, 0.6) is 0 Å². The van der Waals surface area contributed by atoms with E-state index in [1.807, 2.05) is 0 Å². The molecule has 1 aliphatic heterocycles. The minimum atomic E-state index is -4.81. The molecule has 2 aromatic rings. The van der Waals surface area contributed by atoms with Crippen molar-refractivity contribution >= 4 is 52.5 Å². The van der Waals surface area contributed by atoms with Crippen molar-refractivity contribution in [2.45, 2.75) is 24.6 Å². The van der Waals surface area contributed by atoms with Crippen LogP contribution in [-0.4, -0.2) is 31.0 Å². The fourth-order valence-corrected chi connectivity index (χ4v) is 3.88. The lowest BCUT2D eigenvalue weighted by Crippen LogP contribution is -2.42. The molecule has 0 bridgehead atoms. The summed E-state index contributed by atoms with van der Waals surface area (Å²) in [5.41, 5.74) is -2.54. The Morgan fingerprint density at radius 1 is 1.23 bits per heavy atom. The number of halogens is 6. The number of hydrogen-bond donors (Lipinski definition) is 0. The lowest BCUT2D eigenvalue weighted by atomic mass is 9.86. The van der Waals surface area contributed by atoms with Gasteiger partial charge < -0.3 is 9.68 Å². The maximum absolute atomic E-state index is 14.1. The highest BCUT2D eigenvalue weighted by molar-refractivity contribution is 6.35. The minimum Gasteiger partial charge on any atom is -0.399 e. The van der Waals surface area contributed by atoms with Crippen LogP contribution in [0.25, 0.3) is 0 Å². The quantitative estimate of drug-likeness (QED) is 0.264. The van der Waals surface area contributed by atoms with Gasteiger partial charge in [-0.3, -0.25) is 4.79 Å². The predicted molar refractivity (Wildman–Crippen MR) is 112 cm³/mol. The van der Waals surface area contributed by atoms with E-state index in [1.165, 1.54) is 37.6 Å². The number of nitrogens with zero attached hydrogens (tertiary/aromatic N) is 2. The summed E-state index contributed by atoms with van der Waals surface area (Å²) < 4.78 is 42.2. The first-order valence-corrected chi connectivity index (χ1v) is 9.87. The van der Waals surface area contributed by atoms with Crippen LogP contribution < -0.4 is 0 Å². The molecule has 1 unspecified atom stereocenters. The van der Waals surface area contributed by atoms with Gasteiger partial charge in [-0.2, -0.15) is 13.2 Å². The van der Waals surface area contributed by atoms with Crippen molar-refractivity contribution in [2.75, 3.05) is 7.11 Å². The molecule has 0 amide bonds. The van der Waals surface area contributed by atoms with Gasteiger partial charge in [-0.15, -0.1) is 0 Å². The second-order valence-corrected chi connectivity index (χ2v) is 7.86. The Balaban J connectivity index is 1.91. The molecule has 31 heavy (non-hydrogen) atoms. The molecule has 0 radical (unpaired) electrons. The molecule has 2 aromatic carbocycles. The minimum absolute atomic E-state index is 0.00951. The fraction of sp³-hybridized carbons (Fsp3) is 0.250. The number of alkyl halides is 3. The molecule has 0 aliphatic carbocycles. The summed E-state index contributed by atoms with van der Waals surface area (Å²) in [6.07, 6.45) is -4.22. The average Bonchev–Trinajstić information content (AvgIpc) is 3.14. The summed E-state index contributed by atoms with van der Waals surface area (Å²) in [5.74, 6) is -0.333. The molecule has 0 saturated carbocycles. The lowest BCUT2D eigenvalue weighted by Gasteiger charge is -2.29. The van der Waals surface area contributed by atoms with Crippen molar-refractivity contribution in [1.29, 1.82) is 0 Å². The number of rotatable bonds is 6. The topological polar surface area (TPSA) is 60.2 Å². The third kappa shape index (κ3) is 4.81. The van der Waals surface area contributed by atoms with E-state index in [1.54, 1.807) is 0 Å². The van der Waals surface area contributed by atoms with Gasteiger partial charge in [0.1, 0.15) is 7.11 Å². The monoisotopic (exact) mass is 492 g/mol. The molecule has 1 atom stereocenters. The summed E-state index contributed by atoms with van der Waals surface area (Å²) in [7, 11) is 1.34. The number of Topliss-reactive ketones (excluding diaryl/α,β-unsaturated/α-hetero) is 1. The number of ketones is 1. The van der Waals surface area contributed by atoms with Gasteiger partial charge in [0.15, 0.2) is 5.78 Å². The Morgan fingerprint density at radius 2 is 1.90 bits per heavy atom. The first-order valence-electron chi connectivity index (χ1n) is 8.74. The van der Waals surface area contributed by atoms with E-state index < -0.39 is 18.2 Å². The number of carbonyl (C=O) groups is 1. The van der Waals surface area contributed by atoms with Gasteiger partial charge in [-0.05, 0) is 30.3 Å². The number of benzene rings is 2. The first kappa shape index (κ1) is 23.4. The molecule has 11 heteroatoms. The fourth-order valence-electron chi connectivity index (χ4n) is 3.07. The number of oxime groups is 2. The normalized spacial score (nSPS) is 18.7. The Kier molecular flexibility index (Phi) is 6.83. The molecule has 1 aliphatic rings. The molecule has 0 fully saturated rings. The highest BCUT2D eigenvalue weighted by Crippen LogP contribution is 2.49. The lowest BCUT2D eigenvalue weighted by molar-refractivity contribution is -0.275. The van der Waals surface area contributed by atoms with E-state index in [4.69, 9.17) is 39.6 Å². The number of carbonyl (C=O) groups excluding carboxylic acids is 1. The predicted octanol–water partition coefficient (Wildman–Crippen LogP) is 6.43. The van der Waals surface area contributed by atoms with E-state index >= 15 is 0 Å². The van der Waals surface area contributed by atoms with Crippen molar-refractivity contribution in [1.82, 2.24) is 0 Å². The summed E-state index contributed by atoms with van der Waals surface area (Å²) >= 11 is 18.0. The van der Waals surface area contributed by atoms with Crippen LogP contribution in [0.15, 0.2) is 46.7 Å². The SMILES string of the molecule is CON=CCC(=O)c1ccc(C2=NOC(c3cc(Cl)cc(Cl)c3)(C(F)(F)F)C2)cc1Cl. The smallest absolute Gasteiger partial charge is 0.399 e. The van der Waals surface area contributed by atoms with Gasteiger partial charge in [0, 0.05) is 39.6 Å². The van der Waals surface area contributed by atoms with Crippen LogP contribution in [-0.2, 0) is 15.3 Å². The molecule has 0 aromatic heterocycles. The summed E-state index contributed by atoms with van der Waals surface area (Å²) in [6, 6.07) is 7.81. The van der Waals surface area contributed by atoms with Crippen molar-refractivity contribution < 1.29 is 27.6 Å². The van der Waals surface area contributed by atoms with Crippen LogP contribution in [0.4, 0.5) is 13.2 Å². The molecule has 0 saturated heterocycles. The van der Waals surface area contributed by atoms with Crippen LogP contribution in [0.1, 0.15) is 34.3 Å². The van der Waals surface area contributed by atoms with Gasteiger partial charge in [0.25, 0.3) is 5.60 Å². The van der Waals surface area contributed by atoms with Crippen molar-refractivity contribution in [3.8, 4) is 0 Å². The third-order valence-corrected chi connectivity index (χ3v) is 5.32. The Morgan fingerprint density at radius 3 is 2.48 bits per heavy atom. The third-order valence-electron chi connectivity index (χ3n) is 4.57.